The molecule has 0 saturated carbocycles. The maximum absolute atomic E-state index is 12.7. The van der Waals surface area contributed by atoms with Crippen molar-refractivity contribution in [2.45, 2.75) is 33.0 Å². The lowest BCUT2D eigenvalue weighted by atomic mass is 9.85. The van der Waals surface area contributed by atoms with Gasteiger partial charge in [-0.3, -0.25) is 0 Å². The van der Waals surface area contributed by atoms with E-state index < -0.39 is 24.7 Å². The first kappa shape index (κ1) is 19.1. The molecule has 1 aliphatic rings. The summed E-state index contributed by atoms with van der Waals surface area (Å²) in [5.41, 5.74) is 10.5. The number of fused-ring (bicyclic) bond motifs is 1. The molecule has 1 atom stereocenters. The lowest BCUT2D eigenvalue weighted by molar-refractivity contribution is -0.0690. The second-order valence-corrected chi connectivity index (χ2v) is 6.38. The van der Waals surface area contributed by atoms with Gasteiger partial charge < -0.3 is 20.3 Å². The summed E-state index contributed by atoms with van der Waals surface area (Å²) in [5.74, 6) is -0.619. The number of rotatable bonds is 7. The number of hydrogen-bond acceptors (Lipinski definition) is 5. The lowest BCUT2D eigenvalue weighted by Gasteiger charge is -2.23. The van der Waals surface area contributed by atoms with Gasteiger partial charge in [0.2, 0.25) is 0 Å². The highest BCUT2D eigenvalue weighted by atomic mass is 19.3. The molecule has 0 amide bonds. The zero-order valence-corrected chi connectivity index (χ0v) is 14.6. The molecule has 9 heteroatoms. The Kier molecular flexibility index (Phi) is 5.59. The van der Waals surface area contributed by atoms with E-state index in [0.29, 0.717) is 10.8 Å². The standard InChI is InChI=1S/C18H19F4N3O2/c1-9(2)16(13-8-23-25-24-13)11-4-3-10-6-14(26-17(19)20)15(27-18(21)22)7-12(10)5-11/h3-9,16-18,23-25H,1-2H3. The first-order valence-corrected chi connectivity index (χ1v) is 8.29. The number of halogens is 4. The van der Waals surface area contributed by atoms with Crippen LogP contribution < -0.4 is 25.9 Å². The molecule has 0 aromatic heterocycles. The van der Waals surface area contributed by atoms with E-state index >= 15 is 0 Å². The van der Waals surface area contributed by atoms with E-state index in [2.05, 4.69) is 39.7 Å². The second-order valence-electron chi connectivity index (χ2n) is 6.38. The minimum atomic E-state index is -3.15. The normalized spacial score (nSPS) is 15.1. The van der Waals surface area contributed by atoms with Crippen molar-refractivity contribution in [1.82, 2.24) is 16.4 Å². The molecule has 27 heavy (non-hydrogen) atoms. The molecule has 1 heterocycles. The van der Waals surface area contributed by atoms with Crippen LogP contribution in [0.25, 0.3) is 10.8 Å². The molecule has 3 rings (SSSR count). The molecule has 2 aromatic rings. The fraction of sp³-hybridized carbons (Fsp3) is 0.333. The first-order valence-electron chi connectivity index (χ1n) is 8.29. The Labute approximate surface area is 153 Å². The van der Waals surface area contributed by atoms with Gasteiger partial charge >= 0.3 is 13.2 Å². The van der Waals surface area contributed by atoms with Gasteiger partial charge in [0.15, 0.2) is 11.5 Å². The Morgan fingerprint density at radius 3 is 2.00 bits per heavy atom. The van der Waals surface area contributed by atoms with Crippen LogP contribution in [-0.4, -0.2) is 13.2 Å². The van der Waals surface area contributed by atoms with Crippen molar-refractivity contribution in [2.24, 2.45) is 5.92 Å². The molecule has 2 aromatic carbocycles. The summed E-state index contributed by atoms with van der Waals surface area (Å²) in [5, 5.41) is 1.15. The van der Waals surface area contributed by atoms with Crippen LogP contribution in [-0.2, 0) is 0 Å². The molecular formula is C18H19F4N3O2. The summed E-state index contributed by atoms with van der Waals surface area (Å²) < 4.78 is 59.2. The third-order valence-corrected chi connectivity index (χ3v) is 4.23. The van der Waals surface area contributed by atoms with Gasteiger partial charge in [-0.15, -0.1) is 0 Å². The predicted octanol–water partition coefficient (Wildman–Crippen LogP) is 4.24. The van der Waals surface area contributed by atoms with Gasteiger partial charge in [-0.25, -0.2) is 0 Å². The monoisotopic (exact) mass is 385 g/mol. The highest BCUT2D eigenvalue weighted by Crippen LogP contribution is 2.38. The Morgan fingerprint density at radius 2 is 1.48 bits per heavy atom. The smallest absolute Gasteiger partial charge is 0.387 e. The van der Waals surface area contributed by atoms with Crippen LogP contribution in [0.15, 0.2) is 42.2 Å². The van der Waals surface area contributed by atoms with Crippen LogP contribution in [0.5, 0.6) is 11.5 Å². The third kappa shape index (κ3) is 4.36. The Bertz CT molecular complexity index is 843. The Morgan fingerprint density at radius 1 is 0.852 bits per heavy atom. The van der Waals surface area contributed by atoms with Gasteiger partial charge in [0.25, 0.3) is 0 Å². The third-order valence-electron chi connectivity index (χ3n) is 4.23. The van der Waals surface area contributed by atoms with Crippen LogP contribution in [0.2, 0.25) is 0 Å². The number of alkyl halides is 4. The van der Waals surface area contributed by atoms with Crippen molar-refractivity contribution in [3.63, 3.8) is 0 Å². The molecule has 146 valence electrons. The van der Waals surface area contributed by atoms with E-state index in [-0.39, 0.29) is 11.8 Å². The van der Waals surface area contributed by atoms with E-state index in [9.17, 15) is 17.6 Å². The number of ether oxygens (including phenoxy) is 2. The van der Waals surface area contributed by atoms with Crippen molar-refractivity contribution in [2.75, 3.05) is 0 Å². The van der Waals surface area contributed by atoms with E-state index in [1.165, 1.54) is 12.1 Å². The first-order chi connectivity index (χ1) is 12.8. The summed E-state index contributed by atoms with van der Waals surface area (Å²) in [6.45, 7) is -2.19. The molecule has 0 spiro atoms. The largest absolute Gasteiger partial charge is 0.431 e. The fourth-order valence-corrected chi connectivity index (χ4v) is 3.19. The molecule has 5 nitrogen and oxygen atoms in total. The topological polar surface area (TPSA) is 54.5 Å². The van der Waals surface area contributed by atoms with E-state index in [1.807, 2.05) is 12.1 Å². The number of hydrazine groups is 2. The van der Waals surface area contributed by atoms with E-state index in [0.717, 1.165) is 11.3 Å². The average molecular weight is 385 g/mol. The van der Waals surface area contributed by atoms with Crippen LogP contribution in [0.1, 0.15) is 25.3 Å². The van der Waals surface area contributed by atoms with Gasteiger partial charge in [0.1, 0.15) is 0 Å². The van der Waals surface area contributed by atoms with Crippen molar-refractivity contribution in [3.05, 3.63) is 47.8 Å². The van der Waals surface area contributed by atoms with Crippen molar-refractivity contribution < 1.29 is 27.0 Å². The SMILES string of the molecule is CC(C)C(C1=CNNN1)c1ccc2cc(OC(F)F)c(OC(F)F)cc2c1. The maximum atomic E-state index is 12.7. The minimum absolute atomic E-state index is 0.00774. The molecule has 0 radical (unpaired) electrons. The number of allylic oxidation sites excluding steroid dienone is 1. The highest BCUT2D eigenvalue weighted by Gasteiger charge is 2.23. The van der Waals surface area contributed by atoms with Crippen LogP contribution in [0.4, 0.5) is 17.6 Å². The van der Waals surface area contributed by atoms with Crippen LogP contribution in [0, 0.1) is 5.92 Å². The van der Waals surface area contributed by atoms with Gasteiger partial charge in [0.05, 0.1) is 5.70 Å². The molecular weight excluding hydrogens is 366 g/mol. The average Bonchev–Trinajstić information content (AvgIpc) is 3.08. The van der Waals surface area contributed by atoms with Gasteiger partial charge in [0, 0.05) is 12.1 Å². The molecule has 0 fully saturated rings. The van der Waals surface area contributed by atoms with E-state index in [4.69, 9.17) is 0 Å². The number of hydrogen-bond donors (Lipinski definition) is 3. The van der Waals surface area contributed by atoms with Crippen molar-refractivity contribution in [1.29, 1.82) is 0 Å². The molecule has 1 unspecified atom stereocenters. The summed E-state index contributed by atoms with van der Waals surface area (Å²) >= 11 is 0. The van der Waals surface area contributed by atoms with E-state index in [1.54, 1.807) is 12.3 Å². The highest BCUT2D eigenvalue weighted by molar-refractivity contribution is 5.87. The molecule has 0 bridgehead atoms. The summed E-state index contributed by atoms with van der Waals surface area (Å²) in [6.07, 6.45) is 1.81. The maximum Gasteiger partial charge on any atom is 0.387 e. The second kappa shape index (κ2) is 7.91. The summed E-state index contributed by atoms with van der Waals surface area (Å²) in [7, 11) is 0. The zero-order valence-electron chi connectivity index (χ0n) is 14.6. The minimum Gasteiger partial charge on any atom is -0.431 e. The Balaban J connectivity index is 2.05. The Hall–Kier alpha value is -2.68. The lowest BCUT2D eigenvalue weighted by Crippen LogP contribution is -2.33. The van der Waals surface area contributed by atoms with Crippen molar-refractivity contribution >= 4 is 10.8 Å². The zero-order chi connectivity index (χ0) is 19.6. The molecule has 0 saturated heterocycles. The fourth-order valence-electron chi connectivity index (χ4n) is 3.19. The molecule has 3 N–H and O–H groups in total. The van der Waals surface area contributed by atoms with Crippen LogP contribution in [0.3, 0.4) is 0 Å². The van der Waals surface area contributed by atoms with Crippen LogP contribution >= 0.6 is 0 Å². The predicted molar refractivity (Wildman–Crippen MR) is 92.3 cm³/mol. The van der Waals surface area contributed by atoms with Gasteiger partial charge in [-0.2, -0.15) is 23.1 Å². The molecule has 1 aliphatic heterocycles. The number of nitrogens with one attached hydrogen (secondary N) is 3. The van der Waals surface area contributed by atoms with Crippen molar-refractivity contribution in [3.8, 4) is 11.5 Å². The number of benzene rings is 2. The summed E-state index contributed by atoms with van der Waals surface area (Å²) in [6, 6.07) is 7.98. The quantitative estimate of drug-likeness (QED) is 0.623. The summed E-state index contributed by atoms with van der Waals surface area (Å²) in [4.78, 5) is 0. The van der Waals surface area contributed by atoms with Gasteiger partial charge in [-0.05, 0) is 34.4 Å². The molecule has 0 aliphatic carbocycles. The van der Waals surface area contributed by atoms with Gasteiger partial charge in [-0.1, -0.05) is 32.0 Å².